The van der Waals surface area contributed by atoms with Gasteiger partial charge in [0, 0.05) is 19.7 Å². The van der Waals surface area contributed by atoms with Crippen LogP contribution in [0.4, 0.5) is 17.3 Å². The van der Waals surface area contributed by atoms with Gasteiger partial charge >= 0.3 is 5.82 Å². The Morgan fingerprint density at radius 2 is 1.66 bits per heavy atom. The number of methoxy groups -OCH3 is 1. The van der Waals surface area contributed by atoms with Crippen LogP contribution in [0.1, 0.15) is 24.1 Å². The van der Waals surface area contributed by atoms with Crippen LogP contribution >= 0.6 is 0 Å². The molecule has 150 valence electrons. The molecule has 0 radical (unpaired) electrons. The summed E-state index contributed by atoms with van der Waals surface area (Å²) in [7, 11) is 3.32. The Hall–Kier alpha value is -3.61. The summed E-state index contributed by atoms with van der Waals surface area (Å²) < 4.78 is 5.21. The first kappa shape index (κ1) is 20.1. The fraction of sp³-hybridized carbons (Fsp3) is 0.227. The Kier molecular flexibility index (Phi) is 6.29. The minimum atomic E-state index is -0.528. The van der Waals surface area contributed by atoms with E-state index in [2.05, 4.69) is 10.3 Å². The van der Waals surface area contributed by atoms with Crippen molar-refractivity contribution in [2.75, 3.05) is 30.9 Å². The van der Waals surface area contributed by atoms with E-state index in [-0.39, 0.29) is 17.6 Å². The molecule has 0 aliphatic heterocycles. The van der Waals surface area contributed by atoms with E-state index in [1.165, 1.54) is 7.11 Å². The van der Waals surface area contributed by atoms with Gasteiger partial charge in [0.25, 0.3) is 5.82 Å². The number of hydrogen-bond acceptors (Lipinski definition) is 6. The summed E-state index contributed by atoms with van der Waals surface area (Å²) in [6.07, 6.45) is 0. The second kappa shape index (κ2) is 9.05. The molecule has 0 bridgehead atoms. The van der Waals surface area contributed by atoms with Gasteiger partial charge in [-0.25, -0.2) is 0 Å². The van der Waals surface area contributed by atoms with Crippen LogP contribution < -0.4 is 15.0 Å². The molecule has 0 aliphatic rings. The summed E-state index contributed by atoms with van der Waals surface area (Å²) in [6, 6.07) is 21.3. The average molecular weight is 392 g/mol. The molecule has 1 aromatic heterocycles. The van der Waals surface area contributed by atoms with E-state index in [4.69, 9.17) is 4.74 Å². The zero-order valence-corrected chi connectivity index (χ0v) is 16.7. The van der Waals surface area contributed by atoms with Gasteiger partial charge in [0.2, 0.25) is 5.75 Å². The van der Waals surface area contributed by atoms with Gasteiger partial charge in [-0.15, -0.1) is 0 Å². The molecule has 3 aromatic rings. The van der Waals surface area contributed by atoms with Crippen molar-refractivity contribution in [3.63, 3.8) is 0 Å². The highest BCUT2D eigenvalue weighted by atomic mass is 16.6. The molecule has 0 amide bonds. The normalized spacial score (nSPS) is 10.6. The van der Waals surface area contributed by atoms with Crippen LogP contribution in [0.2, 0.25) is 0 Å². The van der Waals surface area contributed by atoms with Crippen molar-refractivity contribution in [2.24, 2.45) is 0 Å². The van der Waals surface area contributed by atoms with Crippen molar-refractivity contribution in [1.82, 2.24) is 4.98 Å². The van der Waals surface area contributed by atoms with E-state index in [9.17, 15) is 10.1 Å². The molecule has 3 rings (SSSR count). The highest BCUT2D eigenvalue weighted by molar-refractivity contribution is 5.71. The predicted molar refractivity (Wildman–Crippen MR) is 115 cm³/mol. The lowest BCUT2D eigenvalue weighted by atomic mass is 9.98. The maximum Gasteiger partial charge on any atom is 0.408 e. The molecule has 1 N–H and O–H groups in total. The van der Waals surface area contributed by atoms with E-state index < -0.39 is 4.92 Å². The molecule has 0 atom stereocenters. The summed E-state index contributed by atoms with van der Waals surface area (Å²) in [5.74, 6) is 0.245. The number of nitrogens with zero attached hydrogens (tertiary/aromatic N) is 3. The van der Waals surface area contributed by atoms with E-state index in [0.29, 0.717) is 12.4 Å². The smallest absolute Gasteiger partial charge is 0.408 e. The maximum atomic E-state index is 11.5. The summed E-state index contributed by atoms with van der Waals surface area (Å²) in [5.41, 5.74) is 2.79. The van der Waals surface area contributed by atoms with Crippen LogP contribution in [0.3, 0.4) is 0 Å². The summed E-state index contributed by atoms with van der Waals surface area (Å²) in [6.45, 7) is 2.71. The monoisotopic (exact) mass is 392 g/mol. The minimum Gasteiger partial charge on any atom is -0.489 e. The number of anilines is 2. The average Bonchev–Trinajstić information content (AvgIpc) is 2.77. The molecule has 7 heteroatoms. The lowest BCUT2D eigenvalue weighted by molar-refractivity contribution is -0.390. The number of ether oxygens (including phenoxy) is 1. The van der Waals surface area contributed by atoms with Crippen LogP contribution in [0, 0.1) is 10.1 Å². The highest BCUT2D eigenvalue weighted by Gasteiger charge is 2.27. The SMILES string of the molecule is CCN(C)c1cc(OC)c([N+](=O)[O-])nc1NC(c1ccccc1)c1ccccc1. The molecular formula is C22H24N4O3. The fourth-order valence-corrected chi connectivity index (χ4v) is 3.11. The van der Waals surface area contributed by atoms with Gasteiger partial charge in [-0.05, 0) is 28.0 Å². The fourth-order valence-electron chi connectivity index (χ4n) is 3.11. The van der Waals surface area contributed by atoms with E-state index in [1.54, 1.807) is 6.07 Å². The maximum absolute atomic E-state index is 11.5. The first-order chi connectivity index (χ1) is 14.0. The van der Waals surface area contributed by atoms with Gasteiger partial charge in [-0.2, -0.15) is 0 Å². The molecule has 0 fully saturated rings. The van der Waals surface area contributed by atoms with Crippen LogP contribution in [0.25, 0.3) is 0 Å². The van der Waals surface area contributed by atoms with Crippen molar-refractivity contribution in [1.29, 1.82) is 0 Å². The van der Waals surface area contributed by atoms with Gasteiger partial charge in [-0.3, -0.25) is 0 Å². The van der Waals surface area contributed by atoms with E-state index in [0.717, 1.165) is 16.8 Å². The third-order valence-electron chi connectivity index (χ3n) is 4.77. The Balaban J connectivity index is 2.13. The first-order valence-electron chi connectivity index (χ1n) is 9.36. The summed E-state index contributed by atoms with van der Waals surface area (Å²) in [4.78, 5) is 17.3. The number of nitrogens with one attached hydrogen (secondary N) is 1. The number of nitro groups is 1. The lowest BCUT2D eigenvalue weighted by Gasteiger charge is -2.23. The quantitative estimate of drug-likeness (QED) is 0.444. The highest BCUT2D eigenvalue weighted by Crippen LogP contribution is 2.37. The third kappa shape index (κ3) is 4.45. The molecule has 29 heavy (non-hydrogen) atoms. The summed E-state index contributed by atoms with van der Waals surface area (Å²) >= 11 is 0. The molecule has 1 heterocycles. The first-order valence-corrected chi connectivity index (χ1v) is 9.36. The summed E-state index contributed by atoms with van der Waals surface area (Å²) in [5, 5.41) is 15.0. The van der Waals surface area contributed by atoms with Gasteiger partial charge in [0.1, 0.15) is 5.69 Å². The van der Waals surface area contributed by atoms with E-state index >= 15 is 0 Å². The lowest BCUT2D eigenvalue weighted by Crippen LogP contribution is -2.21. The van der Waals surface area contributed by atoms with Crippen molar-refractivity contribution in [2.45, 2.75) is 13.0 Å². The Morgan fingerprint density at radius 1 is 1.10 bits per heavy atom. The van der Waals surface area contributed by atoms with Crippen molar-refractivity contribution in [3.8, 4) is 5.75 Å². The molecule has 0 saturated heterocycles. The molecule has 0 saturated carbocycles. The van der Waals surface area contributed by atoms with Gasteiger partial charge < -0.3 is 25.1 Å². The topological polar surface area (TPSA) is 80.5 Å². The van der Waals surface area contributed by atoms with Crippen LogP contribution in [-0.2, 0) is 0 Å². The molecular weight excluding hydrogens is 368 g/mol. The largest absolute Gasteiger partial charge is 0.489 e. The van der Waals surface area contributed by atoms with Crippen LogP contribution in [-0.4, -0.2) is 30.6 Å². The zero-order valence-electron chi connectivity index (χ0n) is 16.7. The van der Waals surface area contributed by atoms with Crippen molar-refractivity contribution < 1.29 is 9.66 Å². The number of benzene rings is 2. The second-order valence-electron chi connectivity index (χ2n) is 6.55. The van der Waals surface area contributed by atoms with Crippen LogP contribution in [0.15, 0.2) is 66.7 Å². The Labute approximate surface area is 170 Å². The number of pyridine rings is 1. The molecule has 0 aliphatic carbocycles. The second-order valence-corrected chi connectivity index (χ2v) is 6.55. The van der Waals surface area contributed by atoms with Gasteiger partial charge in [0.15, 0.2) is 0 Å². The van der Waals surface area contributed by atoms with E-state index in [1.807, 2.05) is 79.5 Å². The Morgan fingerprint density at radius 3 is 2.10 bits per heavy atom. The minimum absolute atomic E-state index is 0.131. The number of hydrogen-bond donors (Lipinski definition) is 1. The predicted octanol–water partition coefficient (Wildman–Crippen LogP) is 4.66. The van der Waals surface area contributed by atoms with Gasteiger partial charge in [0.05, 0.1) is 13.2 Å². The molecule has 7 nitrogen and oxygen atoms in total. The molecule has 0 unspecified atom stereocenters. The molecule has 0 spiro atoms. The van der Waals surface area contributed by atoms with Crippen molar-refractivity contribution >= 4 is 17.3 Å². The standard InChI is InChI=1S/C22H24N4O3/c1-4-25(2)18-15-19(29-3)22(26(27)28)24-21(18)23-20(16-11-7-5-8-12-16)17-13-9-6-10-14-17/h5-15,20H,4H2,1-3H3,(H,23,24). The van der Waals surface area contributed by atoms with Crippen LogP contribution in [0.5, 0.6) is 5.75 Å². The number of rotatable bonds is 8. The zero-order chi connectivity index (χ0) is 20.8. The number of aromatic nitrogens is 1. The third-order valence-corrected chi connectivity index (χ3v) is 4.77. The Bertz CT molecular complexity index is 925. The molecule has 2 aromatic carbocycles. The van der Waals surface area contributed by atoms with Gasteiger partial charge in [-0.1, -0.05) is 60.7 Å². The van der Waals surface area contributed by atoms with Crippen molar-refractivity contribution in [3.05, 3.63) is 88.0 Å².